The number of hydrogen-bond donors (Lipinski definition) is 2. The van der Waals surface area contributed by atoms with Gasteiger partial charge in [0.15, 0.2) is 0 Å². The predicted octanol–water partition coefficient (Wildman–Crippen LogP) is 2.34. The molecular formula is C13H13BrN2O5. The number of rotatable bonds is 4. The van der Waals surface area contributed by atoms with Gasteiger partial charge in [0, 0.05) is 16.6 Å². The summed E-state index contributed by atoms with van der Waals surface area (Å²) in [6, 6.07) is 3.93. The number of carbonyl (C=O) groups is 2. The molecule has 0 heterocycles. The Labute approximate surface area is 128 Å². The molecule has 1 fully saturated rings. The molecule has 1 amide bonds. The molecule has 7 nitrogen and oxygen atoms in total. The van der Waals surface area contributed by atoms with Crippen LogP contribution in [0.3, 0.4) is 0 Å². The zero-order chi connectivity index (χ0) is 15.6. The highest BCUT2D eigenvalue weighted by molar-refractivity contribution is 9.10. The van der Waals surface area contributed by atoms with Crippen molar-refractivity contribution in [2.45, 2.75) is 25.3 Å². The van der Waals surface area contributed by atoms with Crippen molar-refractivity contribution in [3.8, 4) is 0 Å². The Kier molecular flexibility index (Phi) is 4.56. The van der Waals surface area contributed by atoms with Gasteiger partial charge in [-0.25, -0.2) is 0 Å². The summed E-state index contributed by atoms with van der Waals surface area (Å²) in [7, 11) is 0. The lowest BCUT2D eigenvalue weighted by atomic mass is 10.1. The van der Waals surface area contributed by atoms with Gasteiger partial charge in [0.2, 0.25) is 0 Å². The average Bonchev–Trinajstić information content (AvgIpc) is 2.87. The molecule has 1 aliphatic rings. The number of carbonyl (C=O) groups excluding carboxylic acids is 1. The minimum Gasteiger partial charge on any atom is -0.481 e. The summed E-state index contributed by atoms with van der Waals surface area (Å²) in [5.74, 6) is -1.89. The van der Waals surface area contributed by atoms with E-state index in [2.05, 4.69) is 21.2 Å². The first-order chi connectivity index (χ1) is 9.88. The monoisotopic (exact) mass is 356 g/mol. The first-order valence-electron chi connectivity index (χ1n) is 6.36. The number of carboxylic acid groups (broad SMARTS) is 1. The Balaban J connectivity index is 2.11. The third kappa shape index (κ3) is 3.57. The molecule has 2 N–H and O–H groups in total. The molecule has 2 atom stereocenters. The lowest BCUT2D eigenvalue weighted by Crippen LogP contribution is -2.33. The highest BCUT2D eigenvalue weighted by Crippen LogP contribution is 2.27. The molecule has 1 saturated carbocycles. The minimum absolute atomic E-state index is 0.0259. The Morgan fingerprint density at radius 2 is 2.10 bits per heavy atom. The van der Waals surface area contributed by atoms with E-state index in [1.165, 1.54) is 12.1 Å². The fraction of sp³-hybridized carbons (Fsp3) is 0.385. The Bertz CT molecular complexity index is 604. The summed E-state index contributed by atoms with van der Waals surface area (Å²) in [4.78, 5) is 33.4. The highest BCUT2D eigenvalue weighted by atomic mass is 79.9. The molecule has 0 aliphatic heterocycles. The molecule has 112 valence electrons. The summed E-state index contributed by atoms with van der Waals surface area (Å²) in [6.45, 7) is 0. The number of nitrogens with zero attached hydrogens (tertiary/aromatic N) is 1. The lowest BCUT2D eigenvalue weighted by Gasteiger charge is -2.12. The smallest absolute Gasteiger partial charge is 0.306 e. The molecule has 0 aromatic heterocycles. The van der Waals surface area contributed by atoms with Crippen molar-refractivity contribution in [3.05, 3.63) is 38.3 Å². The Morgan fingerprint density at radius 3 is 2.67 bits per heavy atom. The number of aliphatic carboxylic acids is 1. The van der Waals surface area contributed by atoms with Crippen LogP contribution in [-0.4, -0.2) is 27.9 Å². The maximum Gasteiger partial charge on any atom is 0.306 e. The molecule has 0 spiro atoms. The zero-order valence-corrected chi connectivity index (χ0v) is 12.5. The molecule has 8 heteroatoms. The number of nitro benzene ring substituents is 1. The van der Waals surface area contributed by atoms with Crippen LogP contribution in [0.25, 0.3) is 0 Å². The topological polar surface area (TPSA) is 110 Å². The van der Waals surface area contributed by atoms with E-state index in [-0.39, 0.29) is 17.3 Å². The van der Waals surface area contributed by atoms with Gasteiger partial charge in [0.1, 0.15) is 5.56 Å². The van der Waals surface area contributed by atoms with Crippen molar-refractivity contribution in [1.29, 1.82) is 0 Å². The molecule has 0 radical (unpaired) electrons. The van der Waals surface area contributed by atoms with Crippen LogP contribution in [0.5, 0.6) is 0 Å². The largest absolute Gasteiger partial charge is 0.481 e. The number of hydrogen-bond acceptors (Lipinski definition) is 4. The summed E-state index contributed by atoms with van der Waals surface area (Å²) in [6.07, 6.45) is 1.42. The average molecular weight is 357 g/mol. The van der Waals surface area contributed by atoms with Crippen molar-refractivity contribution in [2.75, 3.05) is 0 Å². The van der Waals surface area contributed by atoms with Gasteiger partial charge in [-0.2, -0.15) is 0 Å². The van der Waals surface area contributed by atoms with E-state index < -0.39 is 22.7 Å². The van der Waals surface area contributed by atoms with Crippen molar-refractivity contribution in [2.24, 2.45) is 5.92 Å². The maximum absolute atomic E-state index is 12.1. The molecule has 1 aromatic carbocycles. The van der Waals surface area contributed by atoms with Gasteiger partial charge in [-0.1, -0.05) is 15.9 Å². The van der Waals surface area contributed by atoms with Gasteiger partial charge in [-0.05, 0) is 31.4 Å². The van der Waals surface area contributed by atoms with Crippen LogP contribution >= 0.6 is 15.9 Å². The molecule has 0 unspecified atom stereocenters. The van der Waals surface area contributed by atoms with Crippen LogP contribution in [-0.2, 0) is 4.79 Å². The van der Waals surface area contributed by atoms with E-state index >= 15 is 0 Å². The molecule has 0 saturated heterocycles. The second-order valence-corrected chi connectivity index (χ2v) is 5.85. The van der Waals surface area contributed by atoms with Gasteiger partial charge in [-0.15, -0.1) is 0 Å². The highest BCUT2D eigenvalue weighted by Gasteiger charge is 2.31. The van der Waals surface area contributed by atoms with Gasteiger partial charge < -0.3 is 10.4 Å². The molecule has 2 rings (SSSR count). The van der Waals surface area contributed by atoms with E-state index in [0.29, 0.717) is 23.7 Å². The van der Waals surface area contributed by atoms with E-state index in [4.69, 9.17) is 5.11 Å². The van der Waals surface area contributed by atoms with Gasteiger partial charge in [0.25, 0.3) is 11.6 Å². The van der Waals surface area contributed by atoms with Crippen molar-refractivity contribution >= 4 is 33.5 Å². The van der Waals surface area contributed by atoms with Crippen molar-refractivity contribution < 1.29 is 19.6 Å². The molecular weight excluding hydrogens is 344 g/mol. The second kappa shape index (κ2) is 6.21. The first kappa shape index (κ1) is 15.4. The fourth-order valence-electron chi connectivity index (χ4n) is 2.45. The first-order valence-corrected chi connectivity index (χ1v) is 7.15. The van der Waals surface area contributed by atoms with E-state index in [0.717, 1.165) is 0 Å². The second-order valence-electron chi connectivity index (χ2n) is 4.94. The standard InChI is InChI=1S/C13H13BrN2O5/c14-8-2-4-10(11(6-8)16(20)21)12(17)15-9-3-1-7(5-9)13(18)19/h2,4,6-7,9H,1,3,5H2,(H,15,17)(H,18,19)/t7-,9+/m1/s1. The number of carboxylic acids is 1. The molecule has 21 heavy (non-hydrogen) atoms. The van der Waals surface area contributed by atoms with Crippen LogP contribution in [0.2, 0.25) is 0 Å². The third-order valence-corrected chi connectivity index (χ3v) is 4.01. The van der Waals surface area contributed by atoms with Gasteiger partial charge >= 0.3 is 5.97 Å². The molecule has 0 bridgehead atoms. The quantitative estimate of drug-likeness (QED) is 0.635. The number of benzene rings is 1. The maximum atomic E-state index is 12.1. The van der Waals surface area contributed by atoms with Crippen molar-refractivity contribution in [3.63, 3.8) is 0 Å². The SMILES string of the molecule is O=C(N[C@H]1CC[C@@H](C(=O)O)C1)c1ccc(Br)cc1[N+](=O)[O-]. The van der Waals surface area contributed by atoms with Crippen LogP contribution in [0.4, 0.5) is 5.69 Å². The van der Waals surface area contributed by atoms with Crippen LogP contribution < -0.4 is 5.32 Å². The fourth-order valence-corrected chi connectivity index (χ4v) is 2.80. The molecule has 1 aromatic rings. The van der Waals surface area contributed by atoms with Gasteiger partial charge in [-0.3, -0.25) is 19.7 Å². The Morgan fingerprint density at radius 1 is 1.38 bits per heavy atom. The van der Waals surface area contributed by atoms with Gasteiger partial charge in [0.05, 0.1) is 10.8 Å². The van der Waals surface area contributed by atoms with E-state index in [1.807, 2.05) is 0 Å². The third-order valence-electron chi connectivity index (χ3n) is 3.52. The lowest BCUT2D eigenvalue weighted by molar-refractivity contribution is -0.385. The molecule has 1 aliphatic carbocycles. The predicted molar refractivity (Wildman–Crippen MR) is 77.0 cm³/mol. The summed E-state index contributed by atoms with van der Waals surface area (Å²) in [5, 5.41) is 22.6. The number of halogens is 1. The number of amides is 1. The van der Waals surface area contributed by atoms with Crippen LogP contribution in [0.15, 0.2) is 22.7 Å². The summed E-state index contributed by atoms with van der Waals surface area (Å²) < 4.78 is 0.512. The summed E-state index contributed by atoms with van der Waals surface area (Å²) in [5.41, 5.74) is -0.309. The summed E-state index contributed by atoms with van der Waals surface area (Å²) >= 11 is 3.12. The number of nitrogens with one attached hydrogen (secondary N) is 1. The Hall–Kier alpha value is -1.96. The normalized spacial score (nSPS) is 21.0. The number of nitro groups is 1. The van der Waals surface area contributed by atoms with Crippen molar-refractivity contribution in [1.82, 2.24) is 5.32 Å². The zero-order valence-electron chi connectivity index (χ0n) is 10.9. The van der Waals surface area contributed by atoms with Crippen LogP contribution in [0, 0.1) is 16.0 Å². The minimum atomic E-state index is -0.874. The van der Waals surface area contributed by atoms with Crippen LogP contribution in [0.1, 0.15) is 29.6 Å². The van der Waals surface area contributed by atoms with E-state index in [1.54, 1.807) is 6.07 Å². The van der Waals surface area contributed by atoms with E-state index in [9.17, 15) is 19.7 Å².